The Morgan fingerprint density at radius 3 is 2.21 bits per heavy atom. The summed E-state index contributed by atoms with van der Waals surface area (Å²) in [4.78, 5) is 17.6. The van der Waals surface area contributed by atoms with E-state index in [2.05, 4.69) is 22.0 Å². The average molecular weight is 493 g/mol. The van der Waals surface area contributed by atoms with Gasteiger partial charge in [-0.3, -0.25) is 4.79 Å². The molecule has 3 rings (SSSR count). The molecule has 7 nitrogen and oxygen atoms in total. The van der Waals surface area contributed by atoms with Crippen LogP contribution in [0.3, 0.4) is 0 Å². The molecule has 1 N–H and O–H groups in total. The van der Waals surface area contributed by atoms with Crippen LogP contribution in [0, 0.1) is 0 Å². The second-order valence-electron chi connectivity index (χ2n) is 8.04. The molecule has 0 unspecified atom stereocenters. The zero-order valence-corrected chi connectivity index (χ0v) is 21.1. The quantitative estimate of drug-likeness (QED) is 0.578. The Kier molecular flexibility index (Phi) is 8.75. The molecule has 1 fully saturated rings. The third kappa shape index (κ3) is 6.26. The molecule has 1 amide bonds. The summed E-state index contributed by atoms with van der Waals surface area (Å²) >= 11 is 5.94. The van der Waals surface area contributed by atoms with Crippen LogP contribution in [0.2, 0.25) is 5.02 Å². The zero-order chi connectivity index (χ0) is 24.0. The number of likely N-dealkylation sites (N-methyl/N-ethyl adjacent to an activating group) is 1. The minimum absolute atomic E-state index is 0.174. The summed E-state index contributed by atoms with van der Waals surface area (Å²) in [5.41, 5.74) is 2.20. The maximum Gasteiger partial charge on any atom is 0.243 e. The minimum Gasteiger partial charge on any atom is -0.367 e. The Bertz CT molecular complexity index is 1050. The van der Waals surface area contributed by atoms with Crippen LogP contribution >= 0.6 is 11.6 Å². The van der Waals surface area contributed by atoms with Crippen molar-refractivity contribution in [1.29, 1.82) is 0 Å². The van der Waals surface area contributed by atoms with Gasteiger partial charge in [0.15, 0.2) is 0 Å². The Morgan fingerprint density at radius 2 is 1.64 bits per heavy atom. The number of carbonyl (C=O) groups excluding carboxylic acids is 1. The van der Waals surface area contributed by atoms with Crippen molar-refractivity contribution in [2.75, 3.05) is 56.0 Å². The molecule has 1 saturated heterocycles. The monoisotopic (exact) mass is 492 g/mol. The highest BCUT2D eigenvalue weighted by atomic mass is 35.5. The smallest absolute Gasteiger partial charge is 0.243 e. The highest BCUT2D eigenvalue weighted by molar-refractivity contribution is 7.89. The van der Waals surface area contributed by atoms with Gasteiger partial charge in [0.1, 0.15) is 0 Å². The molecule has 0 atom stereocenters. The topological polar surface area (TPSA) is 73.0 Å². The summed E-state index contributed by atoms with van der Waals surface area (Å²) in [6.07, 6.45) is 0.174. The number of piperazine rings is 1. The molecule has 0 spiro atoms. The van der Waals surface area contributed by atoms with Gasteiger partial charge in [-0.25, -0.2) is 8.42 Å². The van der Waals surface area contributed by atoms with Crippen molar-refractivity contribution in [3.05, 3.63) is 53.1 Å². The molecule has 2 aromatic carbocycles. The number of rotatable bonds is 9. The number of hydrogen-bond acceptors (Lipinski definition) is 5. The van der Waals surface area contributed by atoms with E-state index in [4.69, 9.17) is 11.6 Å². The molecule has 180 valence electrons. The van der Waals surface area contributed by atoms with Crippen LogP contribution in [0.1, 0.15) is 26.3 Å². The van der Waals surface area contributed by atoms with Crippen LogP contribution in [0.25, 0.3) is 0 Å². The molecule has 9 heteroatoms. The maximum absolute atomic E-state index is 13.1. The molecule has 1 aliphatic heterocycles. The number of anilines is 2. The van der Waals surface area contributed by atoms with E-state index in [9.17, 15) is 13.2 Å². The Balaban J connectivity index is 1.90. The van der Waals surface area contributed by atoms with Crippen molar-refractivity contribution in [1.82, 2.24) is 9.21 Å². The molecular formula is C24H33ClN4O3S. The fraction of sp³-hybridized carbons (Fsp3) is 0.458. The first-order chi connectivity index (χ1) is 15.8. The summed E-state index contributed by atoms with van der Waals surface area (Å²) in [5, 5.41) is 3.59. The zero-order valence-electron chi connectivity index (χ0n) is 19.6. The number of benzene rings is 2. The number of nitrogens with one attached hydrogen (secondary N) is 1. The highest BCUT2D eigenvalue weighted by Crippen LogP contribution is 2.31. The molecule has 0 saturated carbocycles. The molecule has 0 bridgehead atoms. The molecule has 1 heterocycles. The SMILES string of the molecule is CCN1CCN(c2ccc(S(=O)(=O)N(CC)CC)cc2NC(=O)Cc2ccc(Cl)cc2)CC1. The van der Waals surface area contributed by atoms with Gasteiger partial charge in [-0.15, -0.1) is 0 Å². The number of carbonyl (C=O) groups is 1. The van der Waals surface area contributed by atoms with E-state index in [0.717, 1.165) is 44.0 Å². The van der Waals surface area contributed by atoms with Gasteiger partial charge < -0.3 is 15.1 Å². The standard InChI is InChI=1S/C24H33ClN4O3S/c1-4-27-13-15-28(16-14-27)23-12-11-21(33(31,32)29(5-2)6-3)18-22(23)26-24(30)17-19-7-9-20(25)10-8-19/h7-12,18H,4-6,13-17H2,1-3H3,(H,26,30). The van der Waals surface area contributed by atoms with E-state index in [-0.39, 0.29) is 17.2 Å². The first-order valence-corrected chi connectivity index (χ1v) is 13.3. The Morgan fingerprint density at radius 1 is 1.00 bits per heavy atom. The van der Waals surface area contributed by atoms with Crippen LogP contribution in [-0.2, 0) is 21.2 Å². The Labute approximate surface area is 202 Å². The van der Waals surface area contributed by atoms with E-state index in [1.54, 1.807) is 24.3 Å². The second kappa shape index (κ2) is 11.3. The maximum atomic E-state index is 13.1. The summed E-state index contributed by atoms with van der Waals surface area (Å²) in [5.74, 6) is -0.205. The van der Waals surface area contributed by atoms with Crippen LogP contribution in [0.5, 0.6) is 0 Å². The molecule has 0 aliphatic carbocycles. The van der Waals surface area contributed by atoms with Crippen LogP contribution < -0.4 is 10.2 Å². The van der Waals surface area contributed by atoms with E-state index in [1.165, 1.54) is 4.31 Å². The molecular weight excluding hydrogens is 460 g/mol. The lowest BCUT2D eigenvalue weighted by Crippen LogP contribution is -2.46. The molecule has 33 heavy (non-hydrogen) atoms. The Hall–Kier alpha value is -2.13. The van der Waals surface area contributed by atoms with Gasteiger partial charge in [-0.1, -0.05) is 44.5 Å². The lowest BCUT2D eigenvalue weighted by atomic mass is 10.1. The van der Waals surface area contributed by atoms with Gasteiger partial charge in [-0.2, -0.15) is 4.31 Å². The van der Waals surface area contributed by atoms with Crippen molar-refractivity contribution >= 4 is 38.9 Å². The fourth-order valence-corrected chi connectivity index (χ4v) is 5.66. The van der Waals surface area contributed by atoms with Gasteiger partial charge >= 0.3 is 0 Å². The third-order valence-electron chi connectivity index (χ3n) is 6.02. The van der Waals surface area contributed by atoms with Gasteiger partial charge in [-0.05, 0) is 42.4 Å². The largest absolute Gasteiger partial charge is 0.367 e. The van der Waals surface area contributed by atoms with Crippen LogP contribution in [-0.4, -0.2) is 69.3 Å². The van der Waals surface area contributed by atoms with Gasteiger partial charge in [0, 0.05) is 44.3 Å². The average Bonchev–Trinajstić information content (AvgIpc) is 2.81. The van der Waals surface area contributed by atoms with Crippen molar-refractivity contribution in [3.8, 4) is 0 Å². The van der Waals surface area contributed by atoms with E-state index >= 15 is 0 Å². The normalized spacial score (nSPS) is 15.1. The van der Waals surface area contributed by atoms with Gasteiger partial charge in [0.25, 0.3) is 0 Å². The fourth-order valence-electron chi connectivity index (χ4n) is 4.05. The van der Waals surface area contributed by atoms with Crippen molar-refractivity contribution in [3.63, 3.8) is 0 Å². The number of sulfonamides is 1. The highest BCUT2D eigenvalue weighted by Gasteiger charge is 2.25. The van der Waals surface area contributed by atoms with E-state index in [1.807, 2.05) is 32.0 Å². The number of nitrogens with zero attached hydrogens (tertiary/aromatic N) is 3. The lowest BCUT2D eigenvalue weighted by Gasteiger charge is -2.36. The van der Waals surface area contributed by atoms with Crippen molar-refractivity contribution in [2.45, 2.75) is 32.1 Å². The van der Waals surface area contributed by atoms with Gasteiger partial charge in [0.2, 0.25) is 15.9 Å². The predicted octanol–water partition coefficient (Wildman–Crippen LogP) is 3.69. The molecule has 0 radical (unpaired) electrons. The first-order valence-electron chi connectivity index (χ1n) is 11.4. The predicted molar refractivity (Wildman–Crippen MR) is 135 cm³/mol. The third-order valence-corrected chi connectivity index (χ3v) is 8.32. The first kappa shape index (κ1) is 25.5. The number of halogens is 1. The van der Waals surface area contributed by atoms with Gasteiger partial charge in [0.05, 0.1) is 22.7 Å². The summed E-state index contributed by atoms with van der Waals surface area (Å²) in [7, 11) is -3.64. The van der Waals surface area contributed by atoms with E-state index < -0.39 is 10.0 Å². The minimum atomic E-state index is -3.64. The molecule has 1 aliphatic rings. The van der Waals surface area contributed by atoms with Crippen LogP contribution in [0.15, 0.2) is 47.4 Å². The summed E-state index contributed by atoms with van der Waals surface area (Å²) < 4.78 is 27.6. The summed E-state index contributed by atoms with van der Waals surface area (Å²) in [6, 6.07) is 12.2. The second-order valence-corrected chi connectivity index (χ2v) is 10.4. The van der Waals surface area contributed by atoms with E-state index in [0.29, 0.717) is 23.8 Å². The lowest BCUT2D eigenvalue weighted by molar-refractivity contribution is -0.115. The molecule has 2 aromatic rings. The number of hydrogen-bond donors (Lipinski definition) is 1. The summed E-state index contributed by atoms with van der Waals surface area (Å²) in [6.45, 7) is 11.0. The molecule has 0 aromatic heterocycles. The van der Waals surface area contributed by atoms with Crippen LogP contribution in [0.4, 0.5) is 11.4 Å². The number of amides is 1. The van der Waals surface area contributed by atoms with Crippen molar-refractivity contribution < 1.29 is 13.2 Å². The van der Waals surface area contributed by atoms with Crippen molar-refractivity contribution in [2.24, 2.45) is 0 Å².